The van der Waals surface area contributed by atoms with E-state index in [2.05, 4.69) is 20.4 Å². The van der Waals surface area contributed by atoms with Gasteiger partial charge in [0.25, 0.3) is 5.56 Å². The number of pyridine rings is 2. The number of carbonyl (C=O) groups is 1. The van der Waals surface area contributed by atoms with Gasteiger partial charge in [0.1, 0.15) is 24.8 Å². The molecular weight excluding hydrogens is 353 g/mol. The number of carbonyl (C=O) groups excluding carboxylic acids is 1. The number of alkyl halides is 3. The Bertz CT molecular complexity index is 964. The van der Waals surface area contributed by atoms with Gasteiger partial charge in [-0.25, -0.2) is 14.6 Å². The average Bonchev–Trinajstić information content (AvgIpc) is 3.11. The number of nitrogens with zero attached hydrogens (tertiary/aromatic N) is 5. The fourth-order valence-corrected chi connectivity index (χ4v) is 2.15. The van der Waals surface area contributed by atoms with E-state index in [1.54, 1.807) is 6.07 Å². The molecule has 8 nitrogen and oxygen atoms in total. The van der Waals surface area contributed by atoms with Crippen LogP contribution in [0.3, 0.4) is 0 Å². The highest BCUT2D eigenvalue weighted by atomic mass is 19.4. The molecule has 0 aliphatic rings. The molecule has 0 aliphatic heterocycles. The van der Waals surface area contributed by atoms with Gasteiger partial charge in [-0.3, -0.25) is 9.59 Å². The van der Waals surface area contributed by atoms with Gasteiger partial charge in [0.15, 0.2) is 5.82 Å². The van der Waals surface area contributed by atoms with E-state index in [4.69, 9.17) is 0 Å². The van der Waals surface area contributed by atoms with Gasteiger partial charge in [-0.2, -0.15) is 18.3 Å². The zero-order valence-electron chi connectivity index (χ0n) is 13.0. The summed E-state index contributed by atoms with van der Waals surface area (Å²) in [6.07, 6.45) is 0.468. The van der Waals surface area contributed by atoms with Crippen LogP contribution in [-0.2, 0) is 17.5 Å². The molecule has 0 saturated heterocycles. The predicted molar refractivity (Wildman–Crippen MR) is 83.5 cm³/mol. The Hall–Kier alpha value is -3.50. The Morgan fingerprint density at radius 1 is 1.23 bits per heavy atom. The molecule has 1 amide bonds. The van der Waals surface area contributed by atoms with Gasteiger partial charge in [-0.1, -0.05) is 0 Å². The van der Waals surface area contributed by atoms with Crippen LogP contribution in [0.5, 0.6) is 0 Å². The maximum Gasteiger partial charge on any atom is 0.421 e. The lowest BCUT2D eigenvalue weighted by Gasteiger charge is -2.10. The Morgan fingerprint density at radius 2 is 2.04 bits per heavy atom. The minimum Gasteiger partial charge on any atom is -0.323 e. The Morgan fingerprint density at radius 3 is 2.65 bits per heavy atom. The lowest BCUT2D eigenvalue weighted by Crippen LogP contribution is -2.31. The number of nitrogens with one attached hydrogen (secondary N) is 1. The van der Waals surface area contributed by atoms with Crippen LogP contribution in [-0.4, -0.2) is 30.2 Å². The smallest absolute Gasteiger partial charge is 0.323 e. The number of halogens is 3. The van der Waals surface area contributed by atoms with Crippen molar-refractivity contribution in [2.24, 2.45) is 0 Å². The van der Waals surface area contributed by atoms with E-state index in [1.807, 2.05) is 0 Å². The average molecular weight is 364 g/mol. The zero-order chi connectivity index (χ0) is 18.7. The topological polar surface area (TPSA) is 94.7 Å². The van der Waals surface area contributed by atoms with Crippen molar-refractivity contribution in [3.05, 3.63) is 65.2 Å². The maximum atomic E-state index is 12.7. The van der Waals surface area contributed by atoms with E-state index in [0.717, 1.165) is 12.3 Å². The molecule has 3 rings (SSSR count). The SMILES string of the molecule is O=C(Cn1cccc(C(F)(F)F)c1=O)Nc1ccc(-n2cncn2)nc1. The fourth-order valence-electron chi connectivity index (χ4n) is 2.15. The molecule has 0 aromatic carbocycles. The van der Waals surface area contributed by atoms with Crippen molar-refractivity contribution in [2.45, 2.75) is 12.7 Å². The Labute approximate surface area is 143 Å². The summed E-state index contributed by atoms with van der Waals surface area (Å²) in [5.41, 5.74) is -2.29. The molecule has 0 bridgehead atoms. The van der Waals surface area contributed by atoms with Gasteiger partial charge in [0.05, 0.1) is 11.9 Å². The molecule has 0 aliphatic carbocycles. The molecule has 0 fully saturated rings. The molecule has 3 aromatic heterocycles. The Balaban J connectivity index is 1.71. The first kappa shape index (κ1) is 17.3. The minimum atomic E-state index is -4.78. The molecular formula is C15H11F3N6O2. The number of aromatic nitrogens is 5. The Kier molecular flexibility index (Phi) is 4.52. The highest BCUT2D eigenvalue weighted by Gasteiger charge is 2.34. The van der Waals surface area contributed by atoms with Gasteiger partial charge in [-0.15, -0.1) is 0 Å². The molecule has 0 radical (unpaired) electrons. The van der Waals surface area contributed by atoms with Crippen molar-refractivity contribution in [1.82, 2.24) is 24.3 Å². The molecule has 0 saturated carbocycles. The van der Waals surface area contributed by atoms with Crippen LogP contribution in [0.25, 0.3) is 5.82 Å². The molecule has 1 N–H and O–H groups in total. The normalized spacial score (nSPS) is 11.3. The van der Waals surface area contributed by atoms with Gasteiger partial charge in [0.2, 0.25) is 5.91 Å². The van der Waals surface area contributed by atoms with E-state index in [9.17, 15) is 22.8 Å². The summed E-state index contributed by atoms with van der Waals surface area (Å²) in [5, 5.41) is 6.36. The largest absolute Gasteiger partial charge is 0.421 e. The molecule has 134 valence electrons. The van der Waals surface area contributed by atoms with Crippen LogP contribution in [0.1, 0.15) is 5.56 Å². The van der Waals surface area contributed by atoms with Crippen molar-refractivity contribution in [2.75, 3.05) is 5.32 Å². The van der Waals surface area contributed by atoms with Crippen molar-refractivity contribution in [3.63, 3.8) is 0 Å². The summed E-state index contributed by atoms with van der Waals surface area (Å²) in [6.45, 7) is -0.562. The van der Waals surface area contributed by atoms with E-state index in [1.165, 1.54) is 29.6 Å². The quantitative estimate of drug-likeness (QED) is 0.757. The van der Waals surface area contributed by atoms with E-state index >= 15 is 0 Å². The number of amides is 1. The first-order chi connectivity index (χ1) is 12.3. The van der Waals surface area contributed by atoms with Crippen molar-refractivity contribution in [1.29, 1.82) is 0 Å². The molecule has 26 heavy (non-hydrogen) atoms. The van der Waals surface area contributed by atoms with Crippen molar-refractivity contribution >= 4 is 11.6 Å². The van der Waals surface area contributed by atoms with Crippen LogP contribution < -0.4 is 10.9 Å². The standard InChI is InChI=1S/C15H11F3N6O2/c16-15(17,18)11-2-1-5-23(14(11)26)7-13(25)22-10-3-4-12(20-6-10)24-9-19-8-21-24/h1-6,8-9H,7H2,(H,22,25). The van der Waals surface area contributed by atoms with Crippen LogP contribution in [0.4, 0.5) is 18.9 Å². The molecule has 0 spiro atoms. The van der Waals surface area contributed by atoms with Crippen LogP contribution in [0.15, 0.2) is 54.1 Å². The highest BCUT2D eigenvalue weighted by Crippen LogP contribution is 2.25. The third kappa shape index (κ3) is 3.77. The van der Waals surface area contributed by atoms with Gasteiger partial charge in [-0.05, 0) is 24.3 Å². The van der Waals surface area contributed by atoms with Crippen LogP contribution in [0.2, 0.25) is 0 Å². The number of rotatable bonds is 4. The number of anilines is 1. The highest BCUT2D eigenvalue weighted by molar-refractivity contribution is 5.90. The predicted octanol–water partition coefficient (Wildman–Crippen LogP) is 1.48. The summed E-state index contributed by atoms with van der Waals surface area (Å²) in [5.74, 6) is -0.198. The van der Waals surface area contributed by atoms with Crippen molar-refractivity contribution in [3.8, 4) is 5.82 Å². The number of hydrogen-bond acceptors (Lipinski definition) is 5. The zero-order valence-corrected chi connectivity index (χ0v) is 13.0. The minimum absolute atomic E-state index is 0.318. The van der Waals surface area contributed by atoms with Gasteiger partial charge >= 0.3 is 6.18 Å². The van der Waals surface area contributed by atoms with Crippen molar-refractivity contribution < 1.29 is 18.0 Å². The number of hydrogen-bond donors (Lipinski definition) is 1. The monoisotopic (exact) mass is 364 g/mol. The lowest BCUT2D eigenvalue weighted by atomic mass is 10.2. The molecule has 3 aromatic rings. The maximum absolute atomic E-state index is 12.7. The molecule has 0 atom stereocenters. The summed E-state index contributed by atoms with van der Waals surface area (Å²) >= 11 is 0. The van der Waals surface area contributed by atoms with E-state index in [-0.39, 0.29) is 0 Å². The van der Waals surface area contributed by atoms with Crippen LogP contribution in [0, 0.1) is 0 Å². The third-order valence-corrected chi connectivity index (χ3v) is 3.32. The second-order valence-electron chi connectivity index (χ2n) is 5.15. The first-order valence-corrected chi connectivity index (χ1v) is 7.22. The third-order valence-electron chi connectivity index (χ3n) is 3.32. The lowest BCUT2D eigenvalue weighted by molar-refractivity contribution is -0.139. The van der Waals surface area contributed by atoms with Crippen LogP contribution >= 0.6 is 0 Å². The summed E-state index contributed by atoms with van der Waals surface area (Å²) in [6, 6.07) is 4.84. The second-order valence-corrected chi connectivity index (χ2v) is 5.15. The van der Waals surface area contributed by atoms with Gasteiger partial charge < -0.3 is 9.88 Å². The summed E-state index contributed by atoms with van der Waals surface area (Å²) < 4.78 is 40.3. The fraction of sp³-hybridized carbons (Fsp3) is 0.133. The summed E-state index contributed by atoms with van der Waals surface area (Å²) in [4.78, 5) is 31.7. The van der Waals surface area contributed by atoms with E-state index < -0.39 is 29.8 Å². The first-order valence-electron chi connectivity index (χ1n) is 7.22. The molecule has 0 unspecified atom stereocenters. The molecule has 11 heteroatoms. The summed E-state index contributed by atoms with van der Waals surface area (Å²) in [7, 11) is 0. The second kappa shape index (κ2) is 6.78. The molecule has 3 heterocycles. The van der Waals surface area contributed by atoms with E-state index in [0.29, 0.717) is 22.1 Å². The van der Waals surface area contributed by atoms with Gasteiger partial charge in [0, 0.05) is 6.20 Å².